The van der Waals surface area contributed by atoms with Crippen molar-refractivity contribution in [2.75, 3.05) is 19.0 Å². The molecule has 4 rings (SSSR count). The summed E-state index contributed by atoms with van der Waals surface area (Å²) in [5, 5.41) is 5.18. The minimum Gasteiger partial charge on any atom is -0.467 e. The Kier molecular flexibility index (Phi) is 9.87. The number of benzene rings is 2. The van der Waals surface area contributed by atoms with E-state index in [1.54, 1.807) is 0 Å². The van der Waals surface area contributed by atoms with Gasteiger partial charge in [-0.05, 0) is 93.3 Å². The second-order valence-electron chi connectivity index (χ2n) is 11.9. The van der Waals surface area contributed by atoms with Crippen molar-refractivity contribution in [2.45, 2.75) is 89.3 Å². The Hall–Kier alpha value is -2.24. The van der Waals surface area contributed by atoms with Gasteiger partial charge in [-0.1, -0.05) is 61.5 Å². The highest BCUT2D eigenvalue weighted by Gasteiger charge is 2.53. The molecule has 7 heteroatoms. The first-order valence-electron chi connectivity index (χ1n) is 14.3. The van der Waals surface area contributed by atoms with Crippen LogP contribution >= 0.6 is 23.2 Å². The van der Waals surface area contributed by atoms with Crippen molar-refractivity contribution in [1.82, 2.24) is 4.90 Å². The molecule has 1 saturated carbocycles. The smallest absolute Gasteiger partial charge is 0.336 e. The van der Waals surface area contributed by atoms with Gasteiger partial charge in [-0.2, -0.15) is 0 Å². The molecule has 39 heavy (non-hydrogen) atoms. The lowest BCUT2D eigenvalue weighted by atomic mass is 9.70. The maximum Gasteiger partial charge on any atom is 0.336 e. The third-order valence-electron chi connectivity index (χ3n) is 8.82. The lowest BCUT2D eigenvalue weighted by Crippen LogP contribution is -2.54. The molecule has 0 aromatic heterocycles. The first-order chi connectivity index (χ1) is 18.7. The number of nitrogens with one attached hydrogen (secondary N) is 1. The number of ether oxygens (including phenoxy) is 1. The Bertz CT molecular complexity index is 1110. The molecule has 2 aromatic carbocycles. The average molecular weight is 573 g/mol. The van der Waals surface area contributed by atoms with Gasteiger partial charge >= 0.3 is 5.97 Å². The largest absolute Gasteiger partial charge is 0.467 e. The zero-order chi connectivity index (χ0) is 28.0. The Morgan fingerprint density at radius 1 is 1.05 bits per heavy atom. The number of esters is 1. The van der Waals surface area contributed by atoms with Gasteiger partial charge in [-0.3, -0.25) is 4.99 Å². The van der Waals surface area contributed by atoms with Gasteiger partial charge in [0.05, 0.1) is 19.5 Å². The van der Waals surface area contributed by atoms with Crippen LogP contribution in [0.1, 0.15) is 71.3 Å². The summed E-state index contributed by atoms with van der Waals surface area (Å²) < 4.78 is 5.41. The van der Waals surface area contributed by atoms with Crippen LogP contribution in [0.2, 0.25) is 10.0 Å². The number of anilines is 1. The van der Waals surface area contributed by atoms with Crippen LogP contribution in [0.4, 0.5) is 5.69 Å². The molecule has 1 aliphatic carbocycles. The van der Waals surface area contributed by atoms with E-state index < -0.39 is 5.54 Å². The molecule has 0 saturated heterocycles. The number of carbonyl (C=O) groups is 1. The van der Waals surface area contributed by atoms with E-state index >= 15 is 0 Å². The van der Waals surface area contributed by atoms with Gasteiger partial charge in [0, 0.05) is 34.2 Å². The number of aliphatic imine (C=N–C) groups is 1. The number of nitrogens with zero attached hydrogens (tertiary/aromatic N) is 2. The second kappa shape index (κ2) is 13.0. The molecule has 1 heterocycles. The van der Waals surface area contributed by atoms with Gasteiger partial charge in [-0.25, -0.2) is 4.79 Å². The van der Waals surface area contributed by atoms with Gasteiger partial charge in [0.1, 0.15) is 0 Å². The van der Waals surface area contributed by atoms with Crippen LogP contribution in [0.25, 0.3) is 0 Å². The first kappa shape index (κ1) is 29.7. The topological polar surface area (TPSA) is 53.9 Å². The average Bonchev–Trinajstić information content (AvgIpc) is 3.27. The van der Waals surface area contributed by atoms with Crippen molar-refractivity contribution < 1.29 is 9.53 Å². The highest BCUT2D eigenvalue weighted by atomic mass is 35.5. The SMILES string of the molecule is CCCCN1C=NC(Cc2ccc(Cl)cc2)(C(=O)OC)C1CC1CCC(C(C)(C)Nc2ccc(Cl)cc2)CC1. The molecular formula is C32H43Cl2N3O2. The normalized spacial score (nSPS) is 25.1. The quantitative estimate of drug-likeness (QED) is 0.277. The zero-order valence-corrected chi connectivity index (χ0v) is 25.3. The molecule has 2 aromatic rings. The first-order valence-corrected chi connectivity index (χ1v) is 15.1. The number of methoxy groups -OCH3 is 1. The number of carbonyl (C=O) groups excluding carboxylic acids is 1. The van der Waals surface area contributed by atoms with E-state index in [1.165, 1.54) is 7.11 Å². The fraction of sp³-hybridized carbons (Fsp3) is 0.562. The monoisotopic (exact) mass is 571 g/mol. The number of hydrogen-bond donors (Lipinski definition) is 1. The van der Waals surface area contributed by atoms with Crippen LogP contribution in [0.3, 0.4) is 0 Å². The van der Waals surface area contributed by atoms with E-state index in [2.05, 4.69) is 31.0 Å². The Morgan fingerprint density at radius 2 is 1.67 bits per heavy atom. The van der Waals surface area contributed by atoms with Crippen LogP contribution in [-0.2, 0) is 16.0 Å². The zero-order valence-electron chi connectivity index (χ0n) is 23.8. The van der Waals surface area contributed by atoms with Crippen LogP contribution in [0.5, 0.6) is 0 Å². The van der Waals surface area contributed by atoms with Crippen molar-refractivity contribution in [3.8, 4) is 0 Å². The van der Waals surface area contributed by atoms with Crippen molar-refractivity contribution in [3.63, 3.8) is 0 Å². The van der Waals surface area contributed by atoms with Crippen molar-refractivity contribution in [1.29, 1.82) is 0 Å². The summed E-state index contributed by atoms with van der Waals surface area (Å²) in [5.74, 6) is 0.859. The Balaban J connectivity index is 1.48. The predicted octanol–water partition coefficient (Wildman–Crippen LogP) is 8.05. The van der Waals surface area contributed by atoms with E-state index in [4.69, 9.17) is 32.9 Å². The predicted molar refractivity (Wildman–Crippen MR) is 163 cm³/mol. The molecule has 0 amide bonds. The standard InChI is InChI=1S/C32H43Cl2N3O2/c1-5-6-19-37-22-35-32(30(38)39-4,21-24-9-13-26(33)14-10-24)29(37)20-23-7-11-25(12-8-23)31(2,3)36-28-17-15-27(34)16-18-28/h9-10,13-18,22-23,25,29,36H,5-8,11-12,19-21H2,1-4H3. The second-order valence-corrected chi connectivity index (χ2v) is 12.8. The van der Waals surface area contributed by atoms with E-state index in [0.717, 1.165) is 67.8 Å². The molecular weight excluding hydrogens is 529 g/mol. The summed E-state index contributed by atoms with van der Waals surface area (Å²) in [6, 6.07) is 15.7. The molecule has 0 bridgehead atoms. The molecule has 1 N–H and O–H groups in total. The molecule has 1 fully saturated rings. The number of halogens is 2. The van der Waals surface area contributed by atoms with Gasteiger partial charge in [-0.15, -0.1) is 0 Å². The fourth-order valence-electron chi connectivity index (χ4n) is 6.46. The summed E-state index contributed by atoms with van der Waals surface area (Å²) in [6.07, 6.45) is 10.1. The highest BCUT2D eigenvalue weighted by molar-refractivity contribution is 6.30. The minimum atomic E-state index is -0.942. The molecule has 0 radical (unpaired) electrons. The minimum absolute atomic E-state index is 0.0195. The summed E-state index contributed by atoms with van der Waals surface area (Å²) in [4.78, 5) is 20.7. The molecule has 5 nitrogen and oxygen atoms in total. The summed E-state index contributed by atoms with van der Waals surface area (Å²) in [7, 11) is 1.48. The molecule has 212 valence electrons. The van der Waals surface area contributed by atoms with Gasteiger partial charge in [0.25, 0.3) is 0 Å². The van der Waals surface area contributed by atoms with Crippen LogP contribution in [0, 0.1) is 11.8 Å². The lowest BCUT2D eigenvalue weighted by Gasteiger charge is -2.43. The van der Waals surface area contributed by atoms with Gasteiger partial charge < -0.3 is 15.0 Å². The van der Waals surface area contributed by atoms with E-state index in [9.17, 15) is 4.79 Å². The van der Waals surface area contributed by atoms with Crippen molar-refractivity contribution in [2.24, 2.45) is 16.8 Å². The Morgan fingerprint density at radius 3 is 2.26 bits per heavy atom. The maximum absolute atomic E-state index is 13.5. The van der Waals surface area contributed by atoms with Crippen LogP contribution in [0.15, 0.2) is 53.5 Å². The molecule has 2 atom stereocenters. The van der Waals surface area contributed by atoms with E-state index in [1.807, 2.05) is 54.9 Å². The summed E-state index contributed by atoms with van der Waals surface area (Å²) >= 11 is 12.2. The van der Waals surface area contributed by atoms with Crippen molar-refractivity contribution in [3.05, 3.63) is 64.1 Å². The van der Waals surface area contributed by atoms with Crippen LogP contribution < -0.4 is 5.32 Å². The van der Waals surface area contributed by atoms with Gasteiger partial charge in [0.2, 0.25) is 0 Å². The third kappa shape index (κ3) is 7.10. The lowest BCUT2D eigenvalue weighted by molar-refractivity contribution is -0.148. The highest BCUT2D eigenvalue weighted by Crippen LogP contribution is 2.42. The third-order valence-corrected chi connectivity index (χ3v) is 9.32. The Labute approximate surface area is 244 Å². The number of unbranched alkanes of at least 4 members (excludes halogenated alkanes) is 1. The van der Waals surface area contributed by atoms with Crippen LogP contribution in [-0.4, -0.2) is 48.0 Å². The molecule has 2 unspecified atom stereocenters. The molecule has 2 aliphatic rings. The van der Waals surface area contributed by atoms with Crippen molar-refractivity contribution >= 4 is 41.2 Å². The summed E-state index contributed by atoms with van der Waals surface area (Å²) in [5.41, 5.74) is 1.18. The maximum atomic E-state index is 13.5. The number of rotatable bonds is 11. The number of hydrogen-bond acceptors (Lipinski definition) is 5. The molecule has 0 spiro atoms. The van der Waals surface area contributed by atoms with E-state index in [-0.39, 0.29) is 17.6 Å². The molecule has 1 aliphatic heterocycles. The fourth-order valence-corrected chi connectivity index (χ4v) is 6.71. The van der Waals surface area contributed by atoms with Gasteiger partial charge in [0.15, 0.2) is 5.54 Å². The summed E-state index contributed by atoms with van der Waals surface area (Å²) in [6.45, 7) is 7.71. The van der Waals surface area contributed by atoms with E-state index in [0.29, 0.717) is 23.3 Å².